The fourth-order valence-electron chi connectivity index (χ4n) is 4.67. The van der Waals surface area contributed by atoms with Gasteiger partial charge in [0.1, 0.15) is 23.6 Å². The molecular formula is C23H22F3NO2. The number of carbonyl (C=O) groups excluding carboxylic acids is 1. The minimum Gasteiger partial charge on any atom is -0.368 e. The zero-order valence-electron chi connectivity index (χ0n) is 16.0. The van der Waals surface area contributed by atoms with Crippen molar-refractivity contribution in [1.29, 1.82) is 0 Å². The van der Waals surface area contributed by atoms with Gasteiger partial charge in [0.25, 0.3) is 5.91 Å². The predicted octanol–water partition coefficient (Wildman–Crippen LogP) is 4.48. The fourth-order valence-corrected chi connectivity index (χ4v) is 4.67. The Hall–Kier alpha value is -2.34. The summed E-state index contributed by atoms with van der Waals surface area (Å²) in [5, 5.41) is 0. The second kappa shape index (κ2) is 6.87. The van der Waals surface area contributed by atoms with Crippen LogP contribution < -0.4 is 0 Å². The number of hydrogen-bond acceptors (Lipinski definition) is 2. The van der Waals surface area contributed by atoms with Crippen molar-refractivity contribution >= 4 is 5.91 Å². The van der Waals surface area contributed by atoms with Crippen LogP contribution in [0.1, 0.15) is 31.2 Å². The summed E-state index contributed by atoms with van der Waals surface area (Å²) in [5.41, 5.74) is 0.696. The van der Waals surface area contributed by atoms with Crippen molar-refractivity contribution in [2.75, 3.05) is 13.2 Å². The van der Waals surface area contributed by atoms with E-state index in [1.165, 1.54) is 24.3 Å². The number of hydrogen-bond donors (Lipinski definition) is 0. The number of benzene rings is 2. The van der Waals surface area contributed by atoms with E-state index >= 15 is 4.39 Å². The molecule has 2 saturated heterocycles. The zero-order chi connectivity index (χ0) is 20.2. The van der Waals surface area contributed by atoms with Crippen LogP contribution in [0.2, 0.25) is 0 Å². The van der Waals surface area contributed by atoms with Crippen molar-refractivity contribution in [3.05, 3.63) is 59.4 Å². The maximum absolute atomic E-state index is 15.3. The molecule has 0 N–H and O–H groups in total. The van der Waals surface area contributed by atoms with Crippen molar-refractivity contribution in [3.8, 4) is 11.1 Å². The van der Waals surface area contributed by atoms with E-state index in [9.17, 15) is 13.6 Å². The number of amides is 1. The van der Waals surface area contributed by atoms with E-state index < -0.39 is 23.6 Å². The Balaban J connectivity index is 1.45. The Labute approximate surface area is 167 Å². The van der Waals surface area contributed by atoms with Crippen LogP contribution in [0.5, 0.6) is 0 Å². The van der Waals surface area contributed by atoms with Crippen molar-refractivity contribution < 1.29 is 22.7 Å². The highest BCUT2D eigenvalue weighted by Crippen LogP contribution is 2.55. The number of ether oxygens (including phenoxy) is 1. The summed E-state index contributed by atoms with van der Waals surface area (Å²) in [6.07, 6.45) is 3.50. The lowest BCUT2D eigenvalue weighted by molar-refractivity contribution is -0.157. The van der Waals surface area contributed by atoms with Crippen LogP contribution >= 0.6 is 0 Å². The topological polar surface area (TPSA) is 29.5 Å². The smallest absolute Gasteiger partial charge is 0.252 e. The van der Waals surface area contributed by atoms with Crippen molar-refractivity contribution in [2.24, 2.45) is 5.41 Å². The first-order chi connectivity index (χ1) is 13.9. The molecule has 0 bridgehead atoms. The lowest BCUT2D eigenvalue weighted by atomic mass is 9.94. The molecule has 2 aliphatic heterocycles. The molecule has 2 atom stereocenters. The Morgan fingerprint density at radius 1 is 1.14 bits per heavy atom. The van der Waals surface area contributed by atoms with Gasteiger partial charge >= 0.3 is 0 Å². The zero-order valence-corrected chi connectivity index (χ0v) is 16.0. The molecule has 2 heterocycles. The van der Waals surface area contributed by atoms with Gasteiger partial charge in [0.2, 0.25) is 0 Å². The normalized spacial score (nSPS) is 24.6. The van der Waals surface area contributed by atoms with E-state index in [4.69, 9.17) is 4.74 Å². The van der Waals surface area contributed by atoms with Gasteiger partial charge < -0.3 is 9.64 Å². The number of halogens is 3. The van der Waals surface area contributed by atoms with E-state index in [2.05, 4.69) is 0 Å². The first-order valence-corrected chi connectivity index (χ1v) is 10.1. The molecular weight excluding hydrogens is 379 g/mol. The van der Waals surface area contributed by atoms with Crippen LogP contribution in [-0.2, 0) is 16.0 Å². The third-order valence-corrected chi connectivity index (χ3v) is 6.53. The summed E-state index contributed by atoms with van der Waals surface area (Å²) in [6.45, 7) is 1.26. The molecule has 1 amide bonds. The van der Waals surface area contributed by atoms with Gasteiger partial charge in [-0.3, -0.25) is 4.79 Å². The summed E-state index contributed by atoms with van der Waals surface area (Å²) in [5.74, 6) is -1.66. The first kappa shape index (κ1) is 18.7. The highest BCUT2D eigenvalue weighted by molar-refractivity contribution is 5.82. The molecule has 3 fully saturated rings. The Kier molecular flexibility index (Phi) is 4.42. The van der Waals surface area contributed by atoms with Gasteiger partial charge in [-0.2, -0.15) is 0 Å². The average molecular weight is 401 g/mol. The minimum atomic E-state index is -0.569. The number of rotatable bonds is 4. The molecule has 0 radical (unpaired) electrons. The van der Waals surface area contributed by atoms with Crippen LogP contribution in [0.25, 0.3) is 11.1 Å². The van der Waals surface area contributed by atoms with Crippen LogP contribution in [0.4, 0.5) is 13.2 Å². The molecule has 3 nitrogen and oxygen atoms in total. The Morgan fingerprint density at radius 2 is 1.93 bits per heavy atom. The SMILES string of the molecule is O=C([C@H]1CCO1)N1CC2(CC2)C[C@@H]1Cc1cc(F)cc(-c2cccc(F)c2)c1F. The fraction of sp³-hybridized carbons (Fsp3) is 0.435. The molecule has 29 heavy (non-hydrogen) atoms. The second-order valence-corrected chi connectivity index (χ2v) is 8.61. The van der Waals surface area contributed by atoms with E-state index in [1.54, 1.807) is 6.07 Å². The average Bonchev–Trinajstić information content (AvgIpc) is 3.29. The van der Waals surface area contributed by atoms with E-state index in [0.717, 1.165) is 25.3 Å². The van der Waals surface area contributed by atoms with Crippen LogP contribution in [0.3, 0.4) is 0 Å². The number of carbonyl (C=O) groups is 1. The summed E-state index contributed by atoms with van der Waals surface area (Å²) in [4.78, 5) is 14.6. The molecule has 152 valence electrons. The third-order valence-electron chi connectivity index (χ3n) is 6.53. The molecule has 1 saturated carbocycles. The minimum absolute atomic E-state index is 0.0350. The van der Waals surface area contributed by atoms with Crippen LogP contribution in [0, 0.1) is 22.9 Å². The molecule has 1 aliphatic carbocycles. The second-order valence-electron chi connectivity index (χ2n) is 8.61. The van der Waals surface area contributed by atoms with Crippen LogP contribution in [-0.4, -0.2) is 36.1 Å². The summed E-state index contributed by atoms with van der Waals surface area (Å²) in [6, 6.07) is 7.60. The quantitative estimate of drug-likeness (QED) is 0.756. The van der Waals surface area contributed by atoms with Crippen molar-refractivity contribution in [2.45, 2.75) is 44.2 Å². The van der Waals surface area contributed by atoms with E-state index in [0.29, 0.717) is 25.1 Å². The lowest BCUT2D eigenvalue weighted by Gasteiger charge is -2.33. The summed E-state index contributed by atoms with van der Waals surface area (Å²) < 4.78 is 48.5. The van der Waals surface area contributed by atoms with Gasteiger partial charge in [-0.1, -0.05) is 12.1 Å². The van der Waals surface area contributed by atoms with Crippen molar-refractivity contribution in [1.82, 2.24) is 4.90 Å². The Bertz CT molecular complexity index is 969. The molecule has 2 aromatic rings. The first-order valence-electron chi connectivity index (χ1n) is 10.1. The summed E-state index contributed by atoms with van der Waals surface area (Å²) in [7, 11) is 0. The molecule has 6 heteroatoms. The maximum Gasteiger partial charge on any atom is 0.252 e. The van der Waals surface area contributed by atoms with Crippen LogP contribution in [0.15, 0.2) is 36.4 Å². The maximum atomic E-state index is 15.3. The standard InChI is InChI=1S/C23H22F3NO2/c24-16-3-1-2-14(8-16)19-11-17(25)9-15(21(19)26)10-18-12-23(5-6-23)13-27(18)22(28)20-4-7-29-20/h1-3,8-9,11,18,20H,4-7,10,12-13H2/t18-,20+/m0/s1. The third kappa shape index (κ3) is 3.44. The van der Waals surface area contributed by atoms with E-state index in [1.807, 2.05) is 4.90 Å². The highest BCUT2D eigenvalue weighted by atomic mass is 19.1. The molecule has 1 spiro atoms. The highest BCUT2D eigenvalue weighted by Gasteiger charge is 2.54. The van der Waals surface area contributed by atoms with Crippen molar-refractivity contribution in [3.63, 3.8) is 0 Å². The Morgan fingerprint density at radius 3 is 2.59 bits per heavy atom. The predicted molar refractivity (Wildman–Crippen MR) is 102 cm³/mol. The summed E-state index contributed by atoms with van der Waals surface area (Å²) >= 11 is 0. The largest absolute Gasteiger partial charge is 0.368 e. The van der Waals surface area contributed by atoms with Gasteiger partial charge in [0.05, 0.1) is 6.61 Å². The van der Waals surface area contributed by atoms with Gasteiger partial charge in [0, 0.05) is 24.6 Å². The molecule has 2 aromatic carbocycles. The molecule has 0 unspecified atom stereocenters. The number of nitrogens with zero attached hydrogens (tertiary/aromatic N) is 1. The van der Waals surface area contributed by atoms with Gasteiger partial charge in [-0.25, -0.2) is 13.2 Å². The monoisotopic (exact) mass is 401 g/mol. The van der Waals surface area contributed by atoms with Gasteiger partial charge in [0.15, 0.2) is 0 Å². The van der Waals surface area contributed by atoms with E-state index in [-0.39, 0.29) is 34.9 Å². The molecule has 0 aromatic heterocycles. The molecule has 5 rings (SSSR count). The lowest BCUT2D eigenvalue weighted by Crippen LogP contribution is -2.48. The molecule has 3 aliphatic rings. The number of likely N-dealkylation sites (tertiary alicyclic amines) is 1. The van der Waals surface area contributed by atoms with Gasteiger partial charge in [-0.05, 0) is 66.5 Å². The van der Waals surface area contributed by atoms with Gasteiger partial charge in [-0.15, -0.1) is 0 Å².